The molecule has 0 saturated carbocycles. The standard InChI is InChI=1S/C75H94N16O14/c1-88(2)54-32-35-57-64(42-54)105-65-43-55(89(3)4)33-36-58(65)69(57)56-34-27-49(41-59(56)74(101)102)72(99)81-40-11-7-19-62(82-68(96)20-8-12-38-79-67(95)22-14-15-50-44-90(86-84-50)52-28-23-47(24-29-52)63(93)46-92)73(100)83-61(70(77)97)18-6-10-39-80-71(98)48-25-30-53(31-26-48)91-45-51(85-87-91)16-13-21-66(94)78-37-9-5-17-60(76)75(103)104/h23-36,41-45,57,60-62,69,92H,5-22,37-40,46,76H2,1-4H3,(H9-,77,78,79,80,81,82,83,94,95,96,97,98,99,100,101,102,103,104)/p+1/t57?,60-,61-,62-,69?/m0/s1. The minimum Gasteiger partial charge on any atom is -0.480 e. The molecular formula is C75H95N16O14+. The number of ether oxygens (including phenoxy) is 1. The van der Waals surface area contributed by atoms with Crippen LogP contribution in [0.3, 0.4) is 0 Å². The zero-order valence-corrected chi connectivity index (χ0v) is 59.7. The number of carbonyl (C=O) groups excluding carboxylic acids is 8. The first kappa shape index (κ1) is 79.4. The maximum absolute atomic E-state index is 14.1. The third-order valence-corrected chi connectivity index (χ3v) is 18.1. The Morgan fingerprint density at radius 3 is 1.68 bits per heavy atom. The largest absolute Gasteiger partial charge is 0.480 e. The predicted octanol–water partition coefficient (Wildman–Crippen LogP) is 4.38. The Morgan fingerprint density at radius 1 is 0.600 bits per heavy atom. The number of carboxylic acids is 2. The van der Waals surface area contributed by atoms with Gasteiger partial charge < -0.3 is 68.3 Å². The molecule has 1 aliphatic carbocycles. The molecule has 2 aliphatic rings. The van der Waals surface area contributed by atoms with Gasteiger partial charge in [0, 0.05) is 118 Å². The maximum atomic E-state index is 14.1. The number of anilines is 1. The molecule has 0 spiro atoms. The Labute approximate surface area is 608 Å². The van der Waals surface area contributed by atoms with E-state index in [1.807, 2.05) is 74.1 Å². The Balaban J connectivity index is 0.810. The van der Waals surface area contributed by atoms with Crippen molar-refractivity contribution in [2.75, 3.05) is 65.9 Å². The van der Waals surface area contributed by atoms with Gasteiger partial charge in [-0.1, -0.05) is 28.6 Å². The van der Waals surface area contributed by atoms with Gasteiger partial charge in [0.1, 0.15) is 50.3 Å². The fourth-order valence-corrected chi connectivity index (χ4v) is 12.1. The number of aliphatic hydroxyl groups is 1. The van der Waals surface area contributed by atoms with Crippen molar-refractivity contribution in [3.8, 4) is 17.1 Å². The lowest BCUT2D eigenvalue weighted by Crippen LogP contribution is -2.53. The van der Waals surface area contributed by atoms with Crippen molar-refractivity contribution in [3.05, 3.63) is 166 Å². The molecule has 0 bridgehead atoms. The number of unbranched alkanes of at least 4 members (excludes halogenated alkanes) is 4. The van der Waals surface area contributed by atoms with E-state index in [0.717, 1.165) is 17.0 Å². The molecule has 2 unspecified atom stereocenters. The highest BCUT2D eigenvalue weighted by molar-refractivity contribution is 6.02. The van der Waals surface area contributed by atoms with Crippen LogP contribution in [0, 0.1) is 5.92 Å². The molecule has 13 N–H and O–H groups in total. The van der Waals surface area contributed by atoms with Gasteiger partial charge in [-0.25, -0.2) is 18.7 Å². The lowest BCUT2D eigenvalue weighted by molar-refractivity contribution is -0.462. The highest BCUT2D eigenvalue weighted by atomic mass is 16.5. The van der Waals surface area contributed by atoms with Crippen LogP contribution in [-0.4, -0.2) is 194 Å². The van der Waals surface area contributed by atoms with Crippen molar-refractivity contribution in [3.63, 3.8) is 0 Å². The van der Waals surface area contributed by atoms with Gasteiger partial charge >= 0.3 is 11.9 Å². The lowest BCUT2D eigenvalue weighted by atomic mass is 9.74. The SMILES string of the molecule is CN(C)c1ccc2c(c1)OC1=CC(=[N+](C)C)C=CC1C2c1ccc(C(=O)NCCCC[C@H](NC(=O)CCCCNC(=O)CCCc2cn(-c3ccc(C(=O)CO)cc3)nn2)C(=O)N[C@@H](CCCCNC(=O)c2ccc(-n3cc(CCCC(=O)NCCCC[C@H](N)C(=O)O)nn3)cc2)C(N)=O)cc1C(=O)O. The topological polar surface area (TPSA) is 433 Å². The first-order valence-corrected chi connectivity index (χ1v) is 35.4. The number of carboxylic acid groups (broad SMARTS) is 2. The Hall–Kier alpha value is -11.3. The summed E-state index contributed by atoms with van der Waals surface area (Å²) in [5, 5.41) is 62.4. The number of nitrogens with zero attached hydrogens (tertiary/aromatic N) is 8. The Morgan fingerprint density at radius 2 is 1.12 bits per heavy atom. The van der Waals surface area contributed by atoms with Gasteiger partial charge in [0.05, 0.1) is 40.7 Å². The normalized spacial score (nSPS) is 14.4. The molecule has 1 aliphatic heterocycles. The number of amides is 7. The summed E-state index contributed by atoms with van der Waals surface area (Å²) in [5.74, 6) is -5.28. The number of allylic oxidation sites excluding steroid dienone is 3. The number of benzene rings is 4. The van der Waals surface area contributed by atoms with Crippen LogP contribution in [0.1, 0.15) is 173 Å². The summed E-state index contributed by atoms with van der Waals surface area (Å²) in [7, 11) is 7.69. The number of ketones is 1. The number of hydrogen-bond donors (Lipinski definition) is 11. The molecule has 0 radical (unpaired) electrons. The van der Waals surface area contributed by atoms with Gasteiger partial charge in [-0.05, 0) is 169 Å². The van der Waals surface area contributed by atoms with Crippen LogP contribution in [0.15, 0.2) is 121 Å². The molecule has 0 saturated heterocycles. The van der Waals surface area contributed by atoms with Crippen molar-refractivity contribution in [1.82, 2.24) is 61.9 Å². The van der Waals surface area contributed by atoms with Gasteiger partial charge in [0.2, 0.25) is 35.2 Å². The molecule has 2 aromatic heterocycles. The van der Waals surface area contributed by atoms with Crippen molar-refractivity contribution in [2.45, 2.75) is 140 Å². The number of aliphatic hydroxyl groups excluding tert-OH is 1. The van der Waals surface area contributed by atoms with E-state index in [2.05, 4.69) is 52.5 Å². The maximum Gasteiger partial charge on any atom is 0.336 e. The van der Waals surface area contributed by atoms with Crippen molar-refractivity contribution in [1.29, 1.82) is 0 Å². The molecule has 7 amide bonds. The van der Waals surface area contributed by atoms with Crippen LogP contribution in [-0.2, 0) is 41.6 Å². The monoisotopic (exact) mass is 1440 g/mol. The van der Waals surface area contributed by atoms with Gasteiger partial charge in [0.15, 0.2) is 5.78 Å². The van der Waals surface area contributed by atoms with Crippen LogP contribution < -0.4 is 53.0 Å². The van der Waals surface area contributed by atoms with Gasteiger partial charge in [-0.3, -0.25) is 43.2 Å². The molecule has 4 aromatic carbocycles. The number of fused-ring (bicyclic) bond motifs is 2. The van der Waals surface area contributed by atoms with Crippen molar-refractivity contribution >= 4 is 70.5 Å². The number of nitrogens with two attached hydrogens (primary N) is 2. The summed E-state index contributed by atoms with van der Waals surface area (Å²) in [6.45, 7) is 0.492. The number of primary amides is 1. The van der Waals surface area contributed by atoms with Crippen molar-refractivity contribution in [2.24, 2.45) is 17.4 Å². The molecule has 3 heterocycles. The highest BCUT2D eigenvalue weighted by Crippen LogP contribution is 2.49. The summed E-state index contributed by atoms with van der Waals surface area (Å²) in [6.07, 6.45) is 15.9. The fraction of sp³-hybridized carbons (Fsp3) is 0.427. The zero-order chi connectivity index (χ0) is 75.5. The van der Waals surface area contributed by atoms with Crippen LogP contribution in [0.5, 0.6) is 5.75 Å². The van der Waals surface area contributed by atoms with Gasteiger partial charge in [-0.15, -0.1) is 10.2 Å². The minimum absolute atomic E-state index is 0.00906. The van der Waals surface area contributed by atoms with E-state index in [1.165, 1.54) is 6.07 Å². The van der Waals surface area contributed by atoms with E-state index < -0.39 is 72.0 Å². The van der Waals surface area contributed by atoms with E-state index in [9.17, 15) is 53.1 Å². The average molecular weight is 1440 g/mol. The predicted molar refractivity (Wildman–Crippen MR) is 389 cm³/mol. The number of aromatic nitrogens is 6. The molecule has 30 heteroatoms. The fourth-order valence-electron chi connectivity index (χ4n) is 12.1. The smallest absolute Gasteiger partial charge is 0.336 e. The quantitative estimate of drug-likeness (QED) is 0.0144. The first-order chi connectivity index (χ1) is 50.5. The third kappa shape index (κ3) is 23.6. The van der Waals surface area contributed by atoms with Gasteiger partial charge in [0.25, 0.3) is 11.8 Å². The number of Topliss-reactive ketones (excluding diaryl/α,β-unsaturated/α-hetero) is 1. The number of aromatic carboxylic acids is 1. The van der Waals surface area contributed by atoms with E-state index in [0.29, 0.717) is 148 Å². The highest BCUT2D eigenvalue weighted by Gasteiger charge is 2.39. The lowest BCUT2D eigenvalue weighted by Gasteiger charge is -2.36. The molecule has 8 rings (SSSR count). The summed E-state index contributed by atoms with van der Waals surface area (Å²) in [6, 6.07) is 20.6. The van der Waals surface area contributed by atoms with E-state index in [1.54, 1.807) is 82.4 Å². The molecule has 558 valence electrons. The van der Waals surface area contributed by atoms with Crippen molar-refractivity contribution < 1.29 is 72.6 Å². The van der Waals surface area contributed by atoms with Gasteiger partial charge in [-0.2, -0.15) is 0 Å². The minimum atomic E-state index is -1.21. The third-order valence-electron chi connectivity index (χ3n) is 18.1. The number of aliphatic carboxylic acids is 1. The summed E-state index contributed by atoms with van der Waals surface area (Å²) < 4.78 is 11.6. The molecular weight excluding hydrogens is 1350 g/mol. The Kier molecular flexibility index (Phi) is 29.8. The summed E-state index contributed by atoms with van der Waals surface area (Å²) >= 11 is 0. The molecule has 0 fully saturated rings. The zero-order valence-electron chi connectivity index (χ0n) is 59.7. The second-order valence-corrected chi connectivity index (χ2v) is 26.4. The second-order valence-electron chi connectivity index (χ2n) is 26.4. The van der Waals surface area contributed by atoms with E-state index >= 15 is 0 Å². The van der Waals surface area contributed by atoms with Crippen LogP contribution in [0.25, 0.3) is 11.4 Å². The number of rotatable bonds is 42. The average Bonchev–Trinajstić information content (AvgIpc) is 1.05. The number of aryl methyl sites for hydroxylation is 2. The number of hydrogen-bond acceptors (Lipinski definition) is 18. The molecule has 30 nitrogen and oxygen atoms in total. The molecule has 5 atom stereocenters. The molecule has 6 aromatic rings. The van der Waals surface area contributed by atoms with Crippen LogP contribution in [0.2, 0.25) is 0 Å². The van der Waals surface area contributed by atoms with E-state index in [-0.39, 0.29) is 80.0 Å². The summed E-state index contributed by atoms with van der Waals surface area (Å²) in [4.78, 5) is 130. The Bertz CT molecular complexity index is 4160. The van der Waals surface area contributed by atoms with Crippen LogP contribution in [0.4, 0.5) is 5.69 Å². The summed E-state index contributed by atoms with van der Waals surface area (Å²) in [5.41, 5.74) is 18.0. The number of nitrogens with one attached hydrogen (secondary N) is 6. The van der Waals surface area contributed by atoms with Crippen LogP contribution >= 0.6 is 0 Å². The first-order valence-electron chi connectivity index (χ1n) is 35.4. The van der Waals surface area contributed by atoms with E-state index in [4.69, 9.17) is 26.4 Å². The molecule has 105 heavy (non-hydrogen) atoms. The number of carbonyl (C=O) groups is 10. The second kappa shape index (κ2) is 39.4.